The zero-order valence-electron chi connectivity index (χ0n) is 10.6. The Balaban J connectivity index is 0.00000147. The number of aliphatic hydroxyl groups is 3. The molecule has 5 N–H and O–H groups in total. The Morgan fingerprint density at radius 3 is 2.70 bits per heavy atom. The summed E-state index contributed by atoms with van der Waals surface area (Å²) in [5, 5.41) is 29.2. The van der Waals surface area contributed by atoms with E-state index in [1.54, 1.807) is 23.2 Å². The van der Waals surface area contributed by atoms with Crippen molar-refractivity contribution in [3.63, 3.8) is 0 Å². The first kappa shape index (κ1) is 15.0. The van der Waals surface area contributed by atoms with Crippen LogP contribution in [0.5, 0.6) is 0 Å². The third-order valence-electron chi connectivity index (χ3n) is 3.88. The average Bonchev–Trinajstić information content (AvgIpc) is 2.94. The van der Waals surface area contributed by atoms with Crippen molar-refractivity contribution in [3.8, 4) is 0 Å². The first-order valence-corrected chi connectivity index (χ1v) is 6.17. The van der Waals surface area contributed by atoms with Gasteiger partial charge in [0.25, 0.3) is 0 Å². The minimum absolute atomic E-state index is 0. The molecular formula is C12H17ClN4O3. The Morgan fingerprint density at radius 2 is 2.05 bits per heavy atom. The number of aliphatic hydroxyl groups excluding tert-OH is 3. The molecule has 0 radical (unpaired) electrons. The van der Waals surface area contributed by atoms with Crippen LogP contribution in [0.2, 0.25) is 0 Å². The molecule has 1 fully saturated rings. The van der Waals surface area contributed by atoms with Gasteiger partial charge in [-0.15, -0.1) is 12.4 Å². The zero-order valence-corrected chi connectivity index (χ0v) is 11.4. The minimum Gasteiger partial charge on any atom is -0.396 e. The molecule has 0 bridgehead atoms. The van der Waals surface area contributed by atoms with E-state index in [1.807, 2.05) is 0 Å². The number of nitrogens with two attached hydrogens (primary N) is 1. The molecule has 0 aliphatic heterocycles. The van der Waals surface area contributed by atoms with Crippen LogP contribution in [0.25, 0.3) is 11.0 Å². The molecule has 2 aromatic heterocycles. The number of rotatable bonds is 2. The van der Waals surface area contributed by atoms with Gasteiger partial charge in [0.05, 0.1) is 24.0 Å². The molecule has 2 aromatic rings. The number of hydrogen-bond acceptors (Lipinski definition) is 6. The van der Waals surface area contributed by atoms with Gasteiger partial charge in [0.15, 0.2) is 5.82 Å². The van der Waals surface area contributed by atoms with Crippen molar-refractivity contribution in [2.24, 2.45) is 5.92 Å². The van der Waals surface area contributed by atoms with Crippen LogP contribution < -0.4 is 5.73 Å². The lowest BCUT2D eigenvalue weighted by Crippen LogP contribution is -2.30. The number of pyridine rings is 1. The van der Waals surface area contributed by atoms with Crippen molar-refractivity contribution in [1.82, 2.24) is 14.5 Å². The Hall–Kier alpha value is -1.41. The summed E-state index contributed by atoms with van der Waals surface area (Å²) >= 11 is 0. The maximum absolute atomic E-state index is 10.1. The molecule has 1 aliphatic carbocycles. The average molecular weight is 301 g/mol. The zero-order chi connectivity index (χ0) is 13.6. The molecule has 0 saturated heterocycles. The van der Waals surface area contributed by atoms with Crippen LogP contribution in [0.4, 0.5) is 5.82 Å². The van der Waals surface area contributed by atoms with E-state index in [1.165, 1.54) is 0 Å². The normalized spacial score (nSPS) is 29.6. The summed E-state index contributed by atoms with van der Waals surface area (Å²) in [5.74, 6) is 0.0135. The van der Waals surface area contributed by atoms with E-state index >= 15 is 0 Å². The van der Waals surface area contributed by atoms with Crippen LogP contribution in [0.3, 0.4) is 0 Å². The molecule has 2 heterocycles. The highest BCUT2D eigenvalue weighted by Crippen LogP contribution is 2.37. The quantitative estimate of drug-likeness (QED) is 0.605. The van der Waals surface area contributed by atoms with Gasteiger partial charge in [0.1, 0.15) is 11.6 Å². The fraction of sp³-hybridized carbons (Fsp3) is 0.500. The van der Waals surface area contributed by atoms with E-state index in [9.17, 15) is 15.3 Å². The van der Waals surface area contributed by atoms with Crippen LogP contribution in [-0.2, 0) is 0 Å². The minimum atomic E-state index is -0.927. The van der Waals surface area contributed by atoms with Gasteiger partial charge in [-0.3, -0.25) is 0 Å². The number of aromatic nitrogens is 3. The SMILES string of the molecule is Cl.Nc1nccc2c1ncn2[C@@H]1CC(CO)[C@@H](O)[C@H]1O. The standard InChI is InChI=1S/C12H16N4O3.ClH/c13-12-9-7(1-2-14-12)16(5-15-9)8-3-6(4-17)10(18)11(8)19;/h1-2,5-6,8,10-11,17-19H,3-4H2,(H2,13,14);1H/t6?,8-,10-,11+;/m1./s1. The van der Waals surface area contributed by atoms with Crippen molar-refractivity contribution in [3.05, 3.63) is 18.6 Å². The molecule has 0 amide bonds. The Morgan fingerprint density at radius 1 is 1.30 bits per heavy atom. The number of hydrogen-bond donors (Lipinski definition) is 4. The molecule has 1 unspecified atom stereocenters. The highest BCUT2D eigenvalue weighted by atomic mass is 35.5. The van der Waals surface area contributed by atoms with Gasteiger partial charge >= 0.3 is 0 Å². The van der Waals surface area contributed by atoms with Crippen LogP contribution in [0.15, 0.2) is 18.6 Å². The van der Waals surface area contributed by atoms with E-state index < -0.39 is 12.2 Å². The number of halogens is 1. The van der Waals surface area contributed by atoms with Crippen molar-refractivity contribution in [2.45, 2.75) is 24.7 Å². The molecule has 1 saturated carbocycles. The van der Waals surface area contributed by atoms with Crippen LogP contribution >= 0.6 is 12.4 Å². The van der Waals surface area contributed by atoms with E-state index in [0.29, 0.717) is 17.8 Å². The molecular weight excluding hydrogens is 284 g/mol. The summed E-state index contributed by atoms with van der Waals surface area (Å²) in [4.78, 5) is 8.16. The van der Waals surface area contributed by atoms with Gasteiger partial charge in [-0.2, -0.15) is 0 Å². The van der Waals surface area contributed by atoms with Gasteiger partial charge < -0.3 is 25.6 Å². The van der Waals surface area contributed by atoms with E-state index in [-0.39, 0.29) is 31.0 Å². The van der Waals surface area contributed by atoms with E-state index in [0.717, 1.165) is 5.52 Å². The van der Waals surface area contributed by atoms with E-state index in [2.05, 4.69) is 9.97 Å². The van der Waals surface area contributed by atoms with Crippen molar-refractivity contribution in [2.75, 3.05) is 12.3 Å². The van der Waals surface area contributed by atoms with Crippen LogP contribution in [0.1, 0.15) is 12.5 Å². The second kappa shape index (κ2) is 5.53. The molecule has 20 heavy (non-hydrogen) atoms. The molecule has 0 spiro atoms. The number of fused-ring (bicyclic) bond motifs is 1. The third-order valence-corrected chi connectivity index (χ3v) is 3.88. The van der Waals surface area contributed by atoms with Crippen LogP contribution in [0, 0.1) is 5.92 Å². The lowest BCUT2D eigenvalue weighted by Gasteiger charge is -2.18. The van der Waals surface area contributed by atoms with Gasteiger partial charge in [-0.05, 0) is 12.5 Å². The van der Waals surface area contributed by atoms with E-state index in [4.69, 9.17) is 5.73 Å². The Bertz CT molecular complexity index is 605. The third kappa shape index (κ3) is 2.12. The molecule has 7 nitrogen and oxygen atoms in total. The van der Waals surface area contributed by atoms with Gasteiger partial charge in [-0.1, -0.05) is 0 Å². The van der Waals surface area contributed by atoms with Gasteiger partial charge in [0.2, 0.25) is 0 Å². The monoisotopic (exact) mass is 300 g/mol. The number of nitrogens with zero attached hydrogens (tertiary/aromatic N) is 3. The second-order valence-electron chi connectivity index (χ2n) is 4.94. The smallest absolute Gasteiger partial charge is 0.151 e. The molecule has 110 valence electrons. The Kier molecular flexibility index (Phi) is 4.14. The number of imidazole rings is 1. The molecule has 0 aromatic carbocycles. The first-order chi connectivity index (χ1) is 9.13. The summed E-state index contributed by atoms with van der Waals surface area (Å²) in [6.07, 6.45) is 1.81. The summed E-state index contributed by atoms with van der Waals surface area (Å²) in [5.41, 5.74) is 7.09. The van der Waals surface area contributed by atoms with Gasteiger partial charge in [0, 0.05) is 18.7 Å². The Labute approximate surface area is 121 Å². The highest BCUT2D eigenvalue weighted by molar-refractivity contribution is 5.85. The first-order valence-electron chi connectivity index (χ1n) is 6.17. The number of nitrogen functional groups attached to an aromatic ring is 1. The molecule has 4 atom stereocenters. The molecule has 3 rings (SSSR count). The predicted octanol–water partition coefficient (Wildman–Crippen LogP) is -0.290. The second-order valence-corrected chi connectivity index (χ2v) is 4.94. The lowest BCUT2D eigenvalue weighted by atomic mass is 10.1. The summed E-state index contributed by atoms with van der Waals surface area (Å²) < 4.78 is 1.79. The maximum Gasteiger partial charge on any atom is 0.151 e. The number of anilines is 1. The van der Waals surface area contributed by atoms with Crippen molar-refractivity contribution >= 4 is 29.3 Å². The topological polar surface area (TPSA) is 117 Å². The fourth-order valence-electron chi connectivity index (χ4n) is 2.80. The van der Waals surface area contributed by atoms with Crippen LogP contribution in [-0.4, -0.2) is 48.7 Å². The predicted molar refractivity (Wildman–Crippen MR) is 75.4 cm³/mol. The molecule has 1 aliphatic rings. The highest BCUT2D eigenvalue weighted by Gasteiger charge is 2.42. The maximum atomic E-state index is 10.1. The van der Waals surface area contributed by atoms with Crippen molar-refractivity contribution in [1.29, 1.82) is 0 Å². The summed E-state index contributed by atoms with van der Waals surface area (Å²) in [7, 11) is 0. The summed E-state index contributed by atoms with van der Waals surface area (Å²) in [6, 6.07) is 1.45. The largest absolute Gasteiger partial charge is 0.396 e. The lowest BCUT2D eigenvalue weighted by molar-refractivity contribution is -0.00365. The summed E-state index contributed by atoms with van der Waals surface area (Å²) in [6.45, 7) is -0.148. The fourth-order valence-corrected chi connectivity index (χ4v) is 2.80. The molecule has 8 heteroatoms. The van der Waals surface area contributed by atoms with Crippen molar-refractivity contribution < 1.29 is 15.3 Å². The van der Waals surface area contributed by atoms with Gasteiger partial charge in [-0.25, -0.2) is 9.97 Å².